The van der Waals surface area contributed by atoms with Crippen LogP contribution >= 0.6 is 0 Å². The lowest BCUT2D eigenvalue weighted by atomic mass is 9.73. The number of hydrogen-bond acceptors (Lipinski definition) is 3. The second-order valence-corrected chi connectivity index (χ2v) is 6.29. The number of ether oxygens (including phenoxy) is 2. The van der Waals surface area contributed by atoms with Crippen LogP contribution in [0.2, 0.25) is 0 Å². The third kappa shape index (κ3) is 3.56. The van der Waals surface area contributed by atoms with E-state index in [1.165, 1.54) is 12.8 Å². The highest BCUT2D eigenvalue weighted by Crippen LogP contribution is 2.40. The van der Waals surface area contributed by atoms with Crippen LogP contribution in [0.5, 0.6) is 0 Å². The zero-order valence-electron chi connectivity index (χ0n) is 13.4. The van der Waals surface area contributed by atoms with E-state index in [4.69, 9.17) is 9.47 Å². The molecule has 1 heterocycles. The molecule has 3 nitrogen and oxygen atoms in total. The Balaban J connectivity index is 2.23. The van der Waals surface area contributed by atoms with E-state index in [1.807, 2.05) is 0 Å². The summed E-state index contributed by atoms with van der Waals surface area (Å²) in [6.07, 6.45) is 9.42. The molecule has 20 heavy (non-hydrogen) atoms. The molecule has 0 bridgehead atoms. The zero-order chi connectivity index (χ0) is 14.4. The molecule has 2 aliphatic rings. The number of likely N-dealkylation sites (N-methyl/N-ethyl adjacent to an activating group) is 1. The second kappa shape index (κ2) is 7.46. The molecule has 0 spiro atoms. The molecule has 2 rings (SSSR count). The summed E-state index contributed by atoms with van der Waals surface area (Å²) in [7, 11) is 0. The van der Waals surface area contributed by atoms with Crippen LogP contribution in [0.25, 0.3) is 0 Å². The molecule has 116 valence electrons. The molecule has 1 aliphatic carbocycles. The maximum absolute atomic E-state index is 6.33. The summed E-state index contributed by atoms with van der Waals surface area (Å²) in [5.41, 5.74) is -0.0778. The summed E-state index contributed by atoms with van der Waals surface area (Å²) in [6.45, 7) is 9.22. The predicted octanol–water partition coefficient (Wildman–Crippen LogP) is 3.64. The molecule has 3 heteroatoms. The predicted molar refractivity (Wildman–Crippen MR) is 82.7 cm³/mol. The van der Waals surface area contributed by atoms with Crippen LogP contribution in [0.4, 0.5) is 0 Å². The minimum absolute atomic E-state index is 0.0778. The van der Waals surface area contributed by atoms with Gasteiger partial charge in [-0.3, -0.25) is 0 Å². The molecule has 1 saturated carbocycles. The van der Waals surface area contributed by atoms with Crippen molar-refractivity contribution in [1.29, 1.82) is 0 Å². The highest BCUT2D eigenvalue weighted by atomic mass is 16.5. The number of hydrogen-bond donors (Lipinski definition) is 1. The number of nitrogens with one attached hydrogen (secondary N) is 1. The van der Waals surface area contributed by atoms with Gasteiger partial charge in [-0.1, -0.05) is 26.7 Å². The molecule has 1 aliphatic heterocycles. The van der Waals surface area contributed by atoms with Gasteiger partial charge < -0.3 is 14.8 Å². The average molecular weight is 281 g/mol. The Morgan fingerprint density at radius 2 is 2.30 bits per heavy atom. The van der Waals surface area contributed by atoms with Crippen molar-refractivity contribution in [3.63, 3.8) is 0 Å². The van der Waals surface area contributed by atoms with Gasteiger partial charge in [0.2, 0.25) is 0 Å². The fourth-order valence-electron chi connectivity index (χ4n) is 3.84. The number of allylic oxidation sites excluding steroid dienone is 1. The Labute approximate surface area is 124 Å². The van der Waals surface area contributed by atoms with Crippen molar-refractivity contribution in [2.75, 3.05) is 19.8 Å². The van der Waals surface area contributed by atoms with Gasteiger partial charge in [-0.05, 0) is 51.1 Å². The van der Waals surface area contributed by atoms with E-state index in [0.717, 1.165) is 57.1 Å². The smallest absolute Gasteiger partial charge is 0.112 e. The molecular formula is C17H31NO2. The Kier molecular flexibility index (Phi) is 5.91. The van der Waals surface area contributed by atoms with E-state index in [-0.39, 0.29) is 11.6 Å². The molecule has 3 atom stereocenters. The second-order valence-electron chi connectivity index (χ2n) is 6.29. The lowest BCUT2D eigenvalue weighted by molar-refractivity contribution is -0.102. The first-order valence-electron chi connectivity index (χ1n) is 8.42. The third-order valence-corrected chi connectivity index (χ3v) is 4.60. The largest absolute Gasteiger partial charge is 0.496 e. The topological polar surface area (TPSA) is 30.5 Å². The Morgan fingerprint density at radius 3 is 2.90 bits per heavy atom. The minimum Gasteiger partial charge on any atom is -0.496 e. The molecule has 0 aromatic heterocycles. The standard InChI is InChI=1S/C17H31NO2/c1-4-18-16(15-10-6-7-12-19-15)17(20-5-2)11-8-9-14(3)13-17/h10,14,16,18H,4-9,11-13H2,1-3H3. The van der Waals surface area contributed by atoms with Crippen LogP contribution in [0.1, 0.15) is 59.3 Å². The van der Waals surface area contributed by atoms with Gasteiger partial charge in [0.1, 0.15) is 5.76 Å². The van der Waals surface area contributed by atoms with Crippen LogP contribution in [-0.2, 0) is 9.47 Å². The lowest BCUT2D eigenvalue weighted by Gasteiger charge is -2.46. The molecule has 3 unspecified atom stereocenters. The molecule has 1 fully saturated rings. The van der Waals surface area contributed by atoms with Crippen molar-refractivity contribution in [1.82, 2.24) is 5.32 Å². The molecule has 0 amide bonds. The van der Waals surface area contributed by atoms with Crippen LogP contribution in [-0.4, -0.2) is 31.4 Å². The Hall–Kier alpha value is -0.540. The number of rotatable bonds is 6. The maximum atomic E-state index is 6.33. The monoisotopic (exact) mass is 281 g/mol. The molecule has 0 saturated heterocycles. The van der Waals surface area contributed by atoms with Gasteiger partial charge in [-0.2, -0.15) is 0 Å². The van der Waals surface area contributed by atoms with Crippen molar-refractivity contribution < 1.29 is 9.47 Å². The van der Waals surface area contributed by atoms with Gasteiger partial charge >= 0.3 is 0 Å². The van der Waals surface area contributed by atoms with Gasteiger partial charge in [0, 0.05) is 6.61 Å². The van der Waals surface area contributed by atoms with Crippen LogP contribution in [0.15, 0.2) is 11.8 Å². The quantitative estimate of drug-likeness (QED) is 0.806. The maximum Gasteiger partial charge on any atom is 0.112 e. The van der Waals surface area contributed by atoms with Crippen LogP contribution in [0, 0.1) is 5.92 Å². The Morgan fingerprint density at radius 1 is 1.45 bits per heavy atom. The SMILES string of the molecule is CCNC(C1=CCCCO1)C1(OCC)CCCC(C)C1. The first-order valence-corrected chi connectivity index (χ1v) is 8.42. The summed E-state index contributed by atoms with van der Waals surface area (Å²) in [5, 5.41) is 3.65. The molecule has 1 N–H and O–H groups in total. The van der Waals surface area contributed by atoms with Crippen LogP contribution < -0.4 is 5.32 Å². The molecule has 0 radical (unpaired) electrons. The lowest BCUT2D eigenvalue weighted by Crippen LogP contribution is -2.56. The van der Waals surface area contributed by atoms with E-state index in [0.29, 0.717) is 0 Å². The highest BCUT2D eigenvalue weighted by Gasteiger charge is 2.45. The summed E-state index contributed by atoms with van der Waals surface area (Å²) in [4.78, 5) is 0. The Bertz CT molecular complexity index is 325. The average Bonchev–Trinajstić information content (AvgIpc) is 2.46. The van der Waals surface area contributed by atoms with E-state index in [9.17, 15) is 0 Å². The molecule has 0 aromatic carbocycles. The van der Waals surface area contributed by atoms with E-state index in [1.54, 1.807) is 0 Å². The fourth-order valence-corrected chi connectivity index (χ4v) is 3.84. The normalized spacial score (nSPS) is 32.4. The van der Waals surface area contributed by atoms with Crippen molar-refractivity contribution in [3.05, 3.63) is 11.8 Å². The zero-order valence-corrected chi connectivity index (χ0v) is 13.4. The summed E-state index contributed by atoms with van der Waals surface area (Å²) in [6, 6.07) is 0.218. The van der Waals surface area contributed by atoms with Crippen molar-refractivity contribution in [2.24, 2.45) is 5.92 Å². The van der Waals surface area contributed by atoms with Gasteiger partial charge in [0.15, 0.2) is 0 Å². The summed E-state index contributed by atoms with van der Waals surface area (Å²) >= 11 is 0. The van der Waals surface area contributed by atoms with Crippen molar-refractivity contribution >= 4 is 0 Å². The van der Waals surface area contributed by atoms with Gasteiger partial charge in [-0.15, -0.1) is 0 Å². The summed E-state index contributed by atoms with van der Waals surface area (Å²) < 4.78 is 12.3. The first-order chi connectivity index (χ1) is 9.72. The van der Waals surface area contributed by atoms with Gasteiger partial charge in [-0.25, -0.2) is 0 Å². The van der Waals surface area contributed by atoms with Crippen molar-refractivity contribution in [2.45, 2.75) is 70.9 Å². The van der Waals surface area contributed by atoms with Gasteiger partial charge in [0.25, 0.3) is 0 Å². The van der Waals surface area contributed by atoms with Crippen LogP contribution in [0.3, 0.4) is 0 Å². The van der Waals surface area contributed by atoms with E-state index < -0.39 is 0 Å². The summed E-state index contributed by atoms with van der Waals surface area (Å²) in [5.74, 6) is 1.86. The van der Waals surface area contributed by atoms with E-state index in [2.05, 4.69) is 32.2 Å². The third-order valence-electron chi connectivity index (χ3n) is 4.60. The first kappa shape index (κ1) is 15.8. The highest BCUT2D eigenvalue weighted by molar-refractivity contribution is 5.15. The fraction of sp³-hybridized carbons (Fsp3) is 0.882. The van der Waals surface area contributed by atoms with Crippen molar-refractivity contribution in [3.8, 4) is 0 Å². The molecular weight excluding hydrogens is 250 g/mol. The van der Waals surface area contributed by atoms with E-state index >= 15 is 0 Å². The van der Waals surface area contributed by atoms with Gasteiger partial charge in [0.05, 0.1) is 18.2 Å². The molecule has 0 aromatic rings. The minimum atomic E-state index is -0.0778.